The molecule has 10 heteroatoms. The van der Waals surface area contributed by atoms with Crippen LogP contribution in [-0.2, 0) is 15.6 Å². The fraction of sp³-hybridized carbons (Fsp3) is 0.625. The minimum atomic E-state index is -1.15. The van der Waals surface area contributed by atoms with Gasteiger partial charge in [0.05, 0.1) is 12.0 Å². The number of halogens is 1. The molecule has 9 nitrogen and oxygen atoms in total. The van der Waals surface area contributed by atoms with E-state index in [4.69, 9.17) is 14.2 Å². The molecule has 0 aliphatic heterocycles. The smallest absolute Gasteiger partial charge is 0.316 e. The average Bonchev–Trinajstić information content (AvgIpc) is 3.48. The Morgan fingerprint density at radius 3 is 2.26 bits per heavy atom. The number of nitrogens with zero attached hydrogens (tertiary/aromatic N) is 6. The second kappa shape index (κ2) is 9.28. The van der Waals surface area contributed by atoms with E-state index in [0.29, 0.717) is 50.1 Å². The Morgan fingerprint density at radius 2 is 1.69 bits per heavy atom. The number of carbonyl (C=O) groups excluding carboxylic acids is 1. The van der Waals surface area contributed by atoms with Crippen molar-refractivity contribution in [2.24, 2.45) is 10.8 Å². The number of rotatable bonds is 8. The number of pyridine rings is 1. The summed E-state index contributed by atoms with van der Waals surface area (Å²) in [6.07, 6.45) is 12.0. The lowest BCUT2D eigenvalue weighted by atomic mass is 9.41. The van der Waals surface area contributed by atoms with Crippen LogP contribution in [0.25, 0.3) is 11.1 Å². The molecule has 0 saturated heterocycles. The Labute approximate surface area is 245 Å². The first-order chi connectivity index (χ1) is 20.0. The van der Waals surface area contributed by atoms with Crippen LogP contribution in [0.15, 0.2) is 35.2 Å². The monoisotopic (exact) mass is 574 g/mol. The van der Waals surface area contributed by atoms with Crippen LogP contribution in [0.3, 0.4) is 0 Å². The molecule has 1 amide bonds. The second-order valence-corrected chi connectivity index (χ2v) is 14.4. The van der Waals surface area contributed by atoms with Gasteiger partial charge in [-0.05, 0) is 87.8 Å². The predicted octanol–water partition coefficient (Wildman–Crippen LogP) is 6.14. The Morgan fingerprint density at radius 1 is 1.02 bits per heavy atom. The molecule has 0 unspecified atom stereocenters. The number of amides is 1. The Balaban J connectivity index is 1.15. The van der Waals surface area contributed by atoms with E-state index in [1.54, 1.807) is 18.6 Å². The van der Waals surface area contributed by atoms with E-state index in [0.717, 1.165) is 55.5 Å². The number of aromatic nitrogens is 5. The van der Waals surface area contributed by atoms with Crippen LogP contribution in [0.4, 0.5) is 10.2 Å². The van der Waals surface area contributed by atoms with Crippen molar-refractivity contribution in [2.75, 3.05) is 18.1 Å². The van der Waals surface area contributed by atoms with Crippen LogP contribution in [0, 0.1) is 10.8 Å². The van der Waals surface area contributed by atoms with E-state index in [1.165, 1.54) is 0 Å². The Kier molecular flexibility index (Phi) is 6.06. The zero-order valence-electron chi connectivity index (χ0n) is 25.0. The SMILES string of the molecule is CCOc1ncc(-c2ccnc(N(CC34CCC(c5noc(C(C)(C)C)n5)(CC3)CC4)C(=O)C34CC(F)(C3)C4)c2)cn1. The van der Waals surface area contributed by atoms with Gasteiger partial charge in [0, 0.05) is 41.5 Å². The first-order valence-electron chi connectivity index (χ1n) is 15.2. The Bertz CT molecular complexity index is 1470. The van der Waals surface area contributed by atoms with E-state index in [2.05, 4.69) is 40.9 Å². The molecule has 222 valence electrons. The van der Waals surface area contributed by atoms with Crippen molar-refractivity contribution in [2.45, 2.75) is 102 Å². The molecular weight excluding hydrogens is 535 g/mol. The van der Waals surface area contributed by atoms with Gasteiger partial charge in [0.2, 0.25) is 11.8 Å². The lowest BCUT2D eigenvalue weighted by Gasteiger charge is -2.65. The highest BCUT2D eigenvalue weighted by molar-refractivity contribution is 6.00. The normalized spacial score (nSPS) is 31.3. The summed E-state index contributed by atoms with van der Waals surface area (Å²) in [6, 6.07) is 4.16. The van der Waals surface area contributed by atoms with E-state index in [9.17, 15) is 9.18 Å². The van der Waals surface area contributed by atoms with Crippen molar-refractivity contribution in [3.05, 3.63) is 42.4 Å². The number of carbonyl (C=O) groups is 1. The summed E-state index contributed by atoms with van der Waals surface area (Å²) in [4.78, 5) is 34.2. The lowest BCUT2D eigenvalue weighted by Crippen LogP contribution is -2.71. The molecule has 0 spiro atoms. The molecule has 3 aromatic heterocycles. The lowest BCUT2D eigenvalue weighted by molar-refractivity contribution is -0.211. The van der Waals surface area contributed by atoms with Crippen LogP contribution >= 0.6 is 0 Å². The maximum absolute atomic E-state index is 14.6. The molecule has 0 atom stereocenters. The standard InChI is InChI=1S/C32H39FN6O3/c1-5-41-27-35-15-22(16-36-27)21-6-13-34-23(14-21)39(26(40)31-17-32(33,18-31)19-31)20-29-7-10-30(11-8-29,12-9-29)24-37-25(42-38-24)28(2,3)4/h6,13-16H,5,7-12,17-20H2,1-4H3. The molecule has 6 saturated carbocycles. The number of fused-ring (bicyclic) bond motifs is 3. The highest BCUT2D eigenvalue weighted by Crippen LogP contribution is 2.70. The van der Waals surface area contributed by atoms with E-state index < -0.39 is 11.1 Å². The van der Waals surface area contributed by atoms with Crippen LogP contribution in [0.1, 0.15) is 97.2 Å². The van der Waals surface area contributed by atoms with Gasteiger partial charge in [-0.15, -0.1) is 0 Å². The summed E-state index contributed by atoms with van der Waals surface area (Å²) >= 11 is 0. The minimum Gasteiger partial charge on any atom is -0.464 e. The van der Waals surface area contributed by atoms with Crippen molar-refractivity contribution in [3.63, 3.8) is 0 Å². The minimum absolute atomic E-state index is 0.0133. The van der Waals surface area contributed by atoms with Crippen molar-refractivity contribution >= 4 is 11.7 Å². The third-order valence-electron chi connectivity index (χ3n) is 10.4. The maximum Gasteiger partial charge on any atom is 0.316 e. The second-order valence-electron chi connectivity index (χ2n) is 14.4. The molecule has 9 rings (SSSR count). The number of anilines is 1. The zero-order valence-corrected chi connectivity index (χ0v) is 25.0. The first kappa shape index (κ1) is 27.4. The summed E-state index contributed by atoms with van der Waals surface area (Å²) in [6.45, 7) is 9.22. The molecule has 0 radical (unpaired) electrons. The van der Waals surface area contributed by atoms with Gasteiger partial charge < -0.3 is 9.26 Å². The molecule has 6 fully saturated rings. The third-order valence-corrected chi connectivity index (χ3v) is 10.4. The van der Waals surface area contributed by atoms with Gasteiger partial charge in [-0.2, -0.15) is 4.98 Å². The maximum atomic E-state index is 14.6. The van der Waals surface area contributed by atoms with E-state index >= 15 is 0 Å². The summed E-state index contributed by atoms with van der Waals surface area (Å²) in [5.74, 6) is 2.13. The average molecular weight is 575 g/mol. The van der Waals surface area contributed by atoms with Crippen LogP contribution in [-0.4, -0.2) is 49.8 Å². The molecule has 3 heterocycles. The molecule has 0 aromatic carbocycles. The van der Waals surface area contributed by atoms with Crippen molar-refractivity contribution in [1.29, 1.82) is 0 Å². The fourth-order valence-electron chi connectivity index (χ4n) is 7.76. The number of ether oxygens (including phenoxy) is 1. The molecule has 6 aliphatic carbocycles. The molecule has 3 aromatic rings. The number of hydrogen-bond acceptors (Lipinski definition) is 8. The quantitative estimate of drug-likeness (QED) is 0.316. The van der Waals surface area contributed by atoms with Gasteiger partial charge in [-0.3, -0.25) is 9.69 Å². The fourth-order valence-corrected chi connectivity index (χ4v) is 7.76. The Hall–Kier alpha value is -3.43. The molecule has 6 aliphatic rings. The van der Waals surface area contributed by atoms with Crippen molar-refractivity contribution in [1.82, 2.24) is 25.1 Å². The van der Waals surface area contributed by atoms with Crippen LogP contribution in [0.2, 0.25) is 0 Å². The van der Waals surface area contributed by atoms with Crippen molar-refractivity contribution < 1.29 is 18.4 Å². The van der Waals surface area contributed by atoms with Gasteiger partial charge in [-0.1, -0.05) is 25.9 Å². The van der Waals surface area contributed by atoms with E-state index in [1.807, 2.05) is 24.0 Å². The number of alkyl halides is 1. The highest BCUT2D eigenvalue weighted by Gasteiger charge is 2.73. The molecular formula is C32H39FN6O3. The third kappa shape index (κ3) is 4.40. The largest absolute Gasteiger partial charge is 0.464 e. The zero-order chi connectivity index (χ0) is 29.4. The molecule has 42 heavy (non-hydrogen) atoms. The highest BCUT2D eigenvalue weighted by atomic mass is 19.1. The van der Waals surface area contributed by atoms with Crippen LogP contribution < -0.4 is 9.64 Å². The summed E-state index contributed by atoms with van der Waals surface area (Å²) in [7, 11) is 0. The van der Waals surface area contributed by atoms with Crippen molar-refractivity contribution in [3.8, 4) is 17.1 Å². The molecule has 0 N–H and O–H groups in total. The summed E-state index contributed by atoms with van der Waals surface area (Å²) in [5.41, 5.74) is -0.331. The summed E-state index contributed by atoms with van der Waals surface area (Å²) < 4.78 is 25.6. The van der Waals surface area contributed by atoms with Gasteiger partial charge in [0.15, 0.2) is 5.82 Å². The van der Waals surface area contributed by atoms with Crippen LogP contribution in [0.5, 0.6) is 6.01 Å². The predicted molar refractivity (Wildman–Crippen MR) is 154 cm³/mol. The van der Waals surface area contributed by atoms with Gasteiger partial charge in [0.25, 0.3) is 0 Å². The van der Waals surface area contributed by atoms with E-state index in [-0.39, 0.29) is 22.2 Å². The molecule has 4 bridgehead atoms. The number of hydrogen-bond donors (Lipinski definition) is 0. The van der Waals surface area contributed by atoms with Gasteiger partial charge in [-0.25, -0.2) is 19.3 Å². The first-order valence-corrected chi connectivity index (χ1v) is 15.2. The topological polar surface area (TPSA) is 107 Å². The summed E-state index contributed by atoms with van der Waals surface area (Å²) in [5, 5.41) is 4.44. The van der Waals surface area contributed by atoms with Gasteiger partial charge >= 0.3 is 6.01 Å². The van der Waals surface area contributed by atoms with Gasteiger partial charge in [0.1, 0.15) is 11.5 Å².